The first-order valence-corrected chi connectivity index (χ1v) is 6.09. The fourth-order valence-corrected chi connectivity index (χ4v) is 1.63. The van der Waals surface area contributed by atoms with Crippen LogP contribution in [0.3, 0.4) is 0 Å². The Balaban J connectivity index is 2.21. The van der Waals surface area contributed by atoms with Gasteiger partial charge in [0.25, 0.3) is 5.91 Å². The maximum atomic E-state index is 12.1. The summed E-state index contributed by atoms with van der Waals surface area (Å²) in [7, 11) is 0. The highest BCUT2D eigenvalue weighted by atomic mass is 35.5. The number of ether oxygens (including phenoxy) is 1. The van der Waals surface area contributed by atoms with Crippen LogP contribution in [-0.4, -0.2) is 22.5 Å². The molecule has 0 radical (unpaired) electrons. The van der Waals surface area contributed by atoms with E-state index in [0.717, 1.165) is 0 Å². The lowest BCUT2D eigenvalue weighted by molar-refractivity contribution is 0.102. The molecular formula is C13H12ClN3O2. The highest BCUT2D eigenvalue weighted by molar-refractivity contribution is 6.34. The van der Waals surface area contributed by atoms with Crippen LogP contribution >= 0.6 is 11.6 Å². The van der Waals surface area contributed by atoms with Crippen molar-refractivity contribution in [2.45, 2.75) is 6.92 Å². The summed E-state index contributed by atoms with van der Waals surface area (Å²) in [5.41, 5.74) is 0.754. The Bertz CT molecular complexity index is 575. The average Bonchev–Trinajstić information content (AvgIpc) is 2.42. The van der Waals surface area contributed by atoms with Gasteiger partial charge in [0.1, 0.15) is 0 Å². The minimum atomic E-state index is -0.391. The third kappa shape index (κ3) is 3.42. The van der Waals surface area contributed by atoms with Crippen LogP contribution in [0.5, 0.6) is 5.88 Å². The van der Waals surface area contributed by atoms with Crippen molar-refractivity contribution >= 4 is 23.2 Å². The molecule has 0 aliphatic rings. The molecule has 0 atom stereocenters. The molecule has 0 bridgehead atoms. The number of halogens is 1. The maximum Gasteiger partial charge on any atom is 0.275 e. The van der Waals surface area contributed by atoms with Crippen LogP contribution in [0.15, 0.2) is 36.7 Å². The van der Waals surface area contributed by atoms with E-state index in [1.807, 2.05) is 6.92 Å². The van der Waals surface area contributed by atoms with Crippen LogP contribution in [0.1, 0.15) is 17.4 Å². The van der Waals surface area contributed by atoms with E-state index in [2.05, 4.69) is 15.3 Å². The summed E-state index contributed by atoms with van der Waals surface area (Å²) >= 11 is 5.97. The summed E-state index contributed by atoms with van der Waals surface area (Å²) in [6.45, 7) is 2.31. The molecule has 0 aliphatic heterocycles. The first kappa shape index (κ1) is 13.3. The first-order valence-electron chi connectivity index (χ1n) is 5.71. The summed E-state index contributed by atoms with van der Waals surface area (Å²) in [5.74, 6) is -0.0236. The molecule has 0 aliphatic carbocycles. The van der Waals surface area contributed by atoms with Crippen molar-refractivity contribution in [2.75, 3.05) is 11.9 Å². The van der Waals surface area contributed by atoms with Gasteiger partial charge in [-0.2, -0.15) is 0 Å². The Labute approximate surface area is 115 Å². The minimum absolute atomic E-state index is 0.129. The van der Waals surface area contributed by atoms with Gasteiger partial charge in [0, 0.05) is 24.1 Å². The molecule has 0 saturated carbocycles. The second-order valence-electron chi connectivity index (χ2n) is 3.60. The van der Waals surface area contributed by atoms with Crippen molar-refractivity contribution in [2.24, 2.45) is 0 Å². The third-order valence-corrected chi connectivity index (χ3v) is 2.57. The van der Waals surface area contributed by atoms with Gasteiger partial charge in [-0.1, -0.05) is 11.6 Å². The van der Waals surface area contributed by atoms with Crippen LogP contribution in [0.2, 0.25) is 5.02 Å². The van der Waals surface area contributed by atoms with Crippen molar-refractivity contribution < 1.29 is 9.53 Å². The lowest BCUT2D eigenvalue weighted by Gasteiger charge is -2.08. The molecule has 19 heavy (non-hydrogen) atoms. The van der Waals surface area contributed by atoms with E-state index in [1.165, 1.54) is 0 Å². The number of nitrogens with one attached hydrogen (secondary N) is 1. The lowest BCUT2D eigenvalue weighted by Crippen LogP contribution is -2.14. The van der Waals surface area contributed by atoms with Crippen molar-refractivity contribution in [1.82, 2.24) is 9.97 Å². The molecule has 0 aromatic carbocycles. The highest BCUT2D eigenvalue weighted by Gasteiger charge is 2.13. The molecule has 2 heterocycles. The highest BCUT2D eigenvalue weighted by Crippen LogP contribution is 2.19. The largest absolute Gasteiger partial charge is 0.478 e. The van der Waals surface area contributed by atoms with Gasteiger partial charge in [-0.15, -0.1) is 0 Å². The van der Waals surface area contributed by atoms with Gasteiger partial charge >= 0.3 is 0 Å². The number of hydrogen-bond donors (Lipinski definition) is 1. The van der Waals surface area contributed by atoms with Crippen molar-refractivity contribution in [1.29, 1.82) is 0 Å². The molecular weight excluding hydrogens is 266 g/mol. The molecule has 5 nitrogen and oxygen atoms in total. The number of anilines is 1. The number of hydrogen-bond acceptors (Lipinski definition) is 4. The fraction of sp³-hybridized carbons (Fsp3) is 0.154. The molecule has 1 amide bonds. The summed E-state index contributed by atoms with van der Waals surface area (Å²) in [6, 6.07) is 6.56. The Morgan fingerprint density at radius 3 is 2.74 bits per heavy atom. The van der Waals surface area contributed by atoms with E-state index >= 15 is 0 Å². The van der Waals surface area contributed by atoms with E-state index < -0.39 is 5.91 Å². The van der Waals surface area contributed by atoms with Crippen molar-refractivity contribution in [3.8, 4) is 5.88 Å². The van der Waals surface area contributed by atoms with Gasteiger partial charge < -0.3 is 10.1 Å². The first-order chi connectivity index (χ1) is 9.20. The van der Waals surface area contributed by atoms with E-state index in [9.17, 15) is 4.79 Å². The number of nitrogens with zero attached hydrogens (tertiary/aromatic N) is 2. The van der Waals surface area contributed by atoms with Gasteiger partial charge in [-0.3, -0.25) is 9.78 Å². The molecule has 2 aromatic heterocycles. The molecule has 1 N–H and O–H groups in total. The van der Waals surface area contributed by atoms with E-state index in [4.69, 9.17) is 16.3 Å². The quantitative estimate of drug-likeness (QED) is 0.933. The van der Waals surface area contributed by atoms with Crippen LogP contribution in [0, 0.1) is 0 Å². The summed E-state index contributed by atoms with van der Waals surface area (Å²) in [4.78, 5) is 20.0. The molecule has 0 saturated heterocycles. The van der Waals surface area contributed by atoms with E-state index in [1.54, 1.807) is 36.7 Å². The van der Waals surface area contributed by atoms with Gasteiger partial charge in [0.05, 0.1) is 11.6 Å². The average molecular weight is 278 g/mol. The zero-order valence-corrected chi connectivity index (χ0v) is 11.0. The number of pyridine rings is 2. The predicted molar refractivity (Wildman–Crippen MR) is 72.6 cm³/mol. The molecule has 0 fully saturated rings. The number of carbonyl (C=O) groups is 1. The van der Waals surface area contributed by atoms with Crippen LogP contribution in [0.25, 0.3) is 0 Å². The molecule has 2 aromatic rings. The Morgan fingerprint density at radius 2 is 2.05 bits per heavy atom. The Morgan fingerprint density at radius 1 is 1.32 bits per heavy atom. The monoisotopic (exact) mass is 277 g/mol. The molecule has 2 rings (SSSR count). The molecule has 0 spiro atoms. The molecule has 6 heteroatoms. The second-order valence-corrected chi connectivity index (χ2v) is 4.01. The minimum Gasteiger partial charge on any atom is -0.478 e. The van der Waals surface area contributed by atoms with Crippen LogP contribution in [0.4, 0.5) is 5.69 Å². The summed E-state index contributed by atoms with van der Waals surface area (Å²) < 4.78 is 5.24. The van der Waals surface area contributed by atoms with E-state index in [0.29, 0.717) is 18.2 Å². The number of rotatable bonds is 4. The van der Waals surface area contributed by atoms with Gasteiger partial charge in [-0.25, -0.2) is 4.98 Å². The number of amides is 1. The fourth-order valence-electron chi connectivity index (χ4n) is 1.44. The number of carbonyl (C=O) groups excluding carboxylic acids is 1. The van der Waals surface area contributed by atoms with E-state index in [-0.39, 0.29) is 10.7 Å². The van der Waals surface area contributed by atoms with Gasteiger partial charge in [0.2, 0.25) is 5.88 Å². The molecule has 98 valence electrons. The standard InChI is InChI=1S/C13H12ClN3O2/c1-2-19-11-4-3-10(14)12(17-11)13(18)16-9-5-7-15-8-6-9/h3-8H,2H2,1H3,(H,15,16,18). The Kier molecular flexibility index (Phi) is 4.30. The van der Waals surface area contributed by atoms with Gasteiger partial charge in [-0.05, 0) is 25.1 Å². The van der Waals surface area contributed by atoms with Crippen LogP contribution in [-0.2, 0) is 0 Å². The zero-order chi connectivity index (χ0) is 13.7. The Hall–Kier alpha value is -2.14. The summed E-state index contributed by atoms with van der Waals surface area (Å²) in [6.07, 6.45) is 3.17. The van der Waals surface area contributed by atoms with Gasteiger partial charge in [0.15, 0.2) is 5.69 Å². The van der Waals surface area contributed by atoms with Crippen LogP contribution < -0.4 is 10.1 Å². The second kappa shape index (κ2) is 6.15. The summed E-state index contributed by atoms with van der Waals surface area (Å²) in [5, 5.41) is 2.96. The normalized spacial score (nSPS) is 10.0. The topological polar surface area (TPSA) is 64.1 Å². The third-order valence-electron chi connectivity index (χ3n) is 2.27. The maximum absolute atomic E-state index is 12.1. The lowest BCUT2D eigenvalue weighted by atomic mass is 10.3. The smallest absolute Gasteiger partial charge is 0.275 e. The van der Waals surface area contributed by atoms with Crippen molar-refractivity contribution in [3.63, 3.8) is 0 Å². The number of aromatic nitrogens is 2. The van der Waals surface area contributed by atoms with Crippen molar-refractivity contribution in [3.05, 3.63) is 47.4 Å². The predicted octanol–water partition coefficient (Wildman–Crippen LogP) is 2.78. The zero-order valence-electron chi connectivity index (χ0n) is 10.3. The molecule has 0 unspecified atom stereocenters. The SMILES string of the molecule is CCOc1ccc(Cl)c(C(=O)Nc2ccncc2)n1.